The smallest absolute Gasteiger partial charge is 0.220 e. The Hall–Kier alpha value is -2.56. The van der Waals surface area contributed by atoms with Crippen LogP contribution in [0.15, 0.2) is 52.4 Å². The summed E-state index contributed by atoms with van der Waals surface area (Å²) in [6.45, 7) is 0. The summed E-state index contributed by atoms with van der Waals surface area (Å²) >= 11 is 0. The van der Waals surface area contributed by atoms with E-state index in [0.717, 1.165) is 36.8 Å². The molecule has 5 heteroatoms. The maximum atomic E-state index is 6.31. The molecular formula is C18H21N5. The number of hydrogen-bond donors (Lipinski definition) is 2. The van der Waals surface area contributed by atoms with E-state index in [1.165, 1.54) is 11.8 Å². The quantitative estimate of drug-likeness (QED) is 0.850. The number of rotatable bonds is 1. The predicted octanol–water partition coefficient (Wildman–Crippen LogP) is 2.95. The molecule has 1 heterocycles. The topological polar surface area (TPSA) is 80.0 Å². The van der Waals surface area contributed by atoms with Crippen molar-refractivity contribution in [2.45, 2.75) is 37.8 Å². The van der Waals surface area contributed by atoms with Crippen LogP contribution in [0.25, 0.3) is 10.8 Å². The van der Waals surface area contributed by atoms with Gasteiger partial charge in [-0.1, -0.05) is 42.8 Å². The summed E-state index contributed by atoms with van der Waals surface area (Å²) in [6, 6.07) is 14.6. The number of hydrogen-bond acceptors (Lipinski definition) is 5. The lowest BCUT2D eigenvalue weighted by Crippen LogP contribution is -2.58. The van der Waals surface area contributed by atoms with Gasteiger partial charge >= 0.3 is 0 Å². The highest BCUT2D eigenvalue weighted by Gasteiger charge is 2.42. The summed E-state index contributed by atoms with van der Waals surface area (Å²) in [7, 11) is 0. The molecule has 1 saturated carbocycles. The average Bonchev–Trinajstić information content (AvgIpc) is 2.55. The van der Waals surface area contributed by atoms with E-state index in [-0.39, 0.29) is 0 Å². The van der Waals surface area contributed by atoms with E-state index in [0.29, 0.717) is 11.9 Å². The summed E-state index contributed by atoms with van der Waals surface area (Å²) in [5.74, 6) is 0.733. The lowest BCUT2D eigenvalue weighted by Gasteiger charge is -2.46. The molecule has 0 unspecified atom stereocenters. The van der Waals surface area contributed by atoms with E-state index in [9.17, 15) is 0 Å². The third kappa shape index (κ3) is 2.23. The lowest BCUT2D eigenvalue weighted by atomic mass is 9.87. The molecule has 2 aromatic carbocycles. The molecule has 0 saturated heterocycles. The second-order valence-electron chi connectivity index (χ2n) is 6.32. The van der Waals surface area contributed by atoms with Gasteiger partial charge in [0.2, 0.25) is 11.9 Å². The van der Waals surface area contributed by atoms with Crippen molar-refractivity contribution in [2.75, 3.05) is 4.90 Å². The van der Waals surface area contributed by atoms with Crippen LogP contribution in [0.3, 0.4) is 0 Å². The Labute approximate surface area is 135 Å². The molecule has 118 valence electrons. The maximum absolute atomic E-state index is 6.31. The third-order valence-corrected chi connectivity index (χ3v) is 4.86. The molecule has 0 radical (unpaired) electrons. The first kappa shape index (κ1) is 14.1. The first-order valence-corrected chi connectivity index (χ1v) is 8.17. The second kappa shape index (κ2) is 5.26. The zero-order chi connectivity index (χ0) is 15.9. The highest BCUT2D eigenvalue weighted by molar-refractivity contribution is 6.10. The number of guanidine groups is 2. The number of aliphatic imine (C=N–C) groups is 2. The van der Waals surface area contributed by atoms with E-state index < -0.39 is 5.66 Å². The molecule has 0 aromatic heterocycles. The van der Waals surface area contributed by atoms with Crippen LogP contribution in [0, 0.1) is 0 Å². The molecule has 5 nitrogen and oxygen atoms in total. The molecule has 2 aromatic rings. The molecule has 2 aliphatic rings. The zero-order valence-electron chi connectivity index (χ0n) is 13.1. The van der Waals surface area contributed by atoms with Gasteiger partial charge in [0.1, 0.15) is 5.66 Å². The van der Waals surface area contributed by atoms with Crippen molar-refractivity contribution >= 4 is 28.4 Å². The molecule has 1 fully saturated rings. The Balaban J connectivity index is 1.92. The van der Waals surface area contributed by atoms with Crippen molar-refractivity contribution in [3.63, 3.8) is 0 Å². The van der Waals surface area contributed by atoms with Crippen LogP contribution in [0.4, 0.5) is 5.69 Å². The van der Waals surface area contributed by atoms with Crippen LogP contribution in [0.5, 0.6) is 0 Å². The van der Waals surface area contributed by atoms with E-state index >= 15 is 0 Å². The minimum Gasteiger partial charge on any atom is -0.369 e. The lowest BCUT2D eigenvalue weighted by molar-refractivity contribution is 0.306. The number of fused-ring (bicyclic) bond motifs is 1. The minimum absolute atomic E-state index is 0.292. The number of anilines is 1. The van der Waals surface area contributed by atoms with E-state index in [4.69, 9.17) is 16.5 Å². The van der Waals surface area contributed by atoms with Crippen LogP contribution < -0.4 is 16.4 Å². The van der Waals surface area contributed by atoms with E-state index in [2.05, 4.69) is 40.2 Å². The van der Waals surface area contributed by atoms with Gasteiger partial charge in [0.25, 0.3) is 0 Å². The Morgan fingerprint density at radius 3 is 2.48 bits per heavy atom. The van der Waals surface area contributed by atoms with Gasteiger partial charge in [-0.15, -0.1) is 0 Å². The highest BCUT2D eigenvalue weighted by Crippen LogP contribution is 2.41. The SMILES string of the molecule is NC1=NC2(CCCCC2)N(c2cccc3ccccc23)C(N)=N1. The largest absolute Gasteiger partial charge is 0.369 e. The van der Waals surface area contributed by atoms with Crippen molar-refractivity contribution in [1.82, 2.24) is 0 Å². The predicted molar refractivity (Wildman–Crippen MR) is 95.5 cm³/mol. The number of nitrogens with two attached hydrogens (primary N) is 2. The molecule has 4 rings (SSSR count). The van der Waals surface area contributed by atoms with Crippen molar-refractivity contribution < 1.29 is 0 Å². The maximum Gasteiger partial charge on any atom is 0.220 e. The molecule has 0 bridgehead atoms. The van der Waals surface area contributed by atoms with Gasteiger partial charge in [-0.25, -0.2) is 4.99 Å². The fourth-order valence-electron chi connectivity index (χ4n) is 3.87. The summed E-state index contributed by atoms with van der Waals surface area (Å²) < 4.78 is 0. The number of benzene rings is 2. The van der Waals surface area contributed by atoms with Crippen LogP contribution in [-0.2, 0) is 0 Å². The van der Waals surface area contributed by atoms with Crippen molar-refractivity contribution in [3.05, 3.63) is 42.5 Å². The molecule has 0 atom stereocenters. The zero-order valence-corrected chi connectivity index (χ0v) is 13.1. The monoisotopic (exact) mass is 307 g/mol. The summed E-state index contributed by atoms with van der Waals surface area (Å²) in [5, 5.41) is 2.35. The van der Waals surface area contributed by atoms with Crippen LogP contribution >= 0.6 is 0 Å². The van der Waals surface area contributed by atoms with Crippen LogP contribution in [0.2, 0.25) is 0 Å². The first-order chi connectivity index (χ1) is 11.2. The van der Waals surface area contributed by atoms with Crippen molar-refractivity contribution in [2.24, 2.45) is 21.5 Å². The molecule has 23 heavy (non-hydrogen) atoms. The van der Waals surface area contributed by atoms with Gasteiger partial charge in [-0.2, -0.15) is 4.99 Å². The van der Waals surface area contributed by atoms with Gasteiger partial charge in [0.05, 0.1) is 5.69 Å². The van der Waals surface area contributed by atoms with E-state index in [1.54, 1.807) is 0 Å². The van der Waals surface area contributed by atoms with Gasteiger partial charge in [0, 0.05) is 5.39 Å². The van der Waals surface area contributed by atoms with Gasteiger partial charge in [-0.3, -0.25) is 4.90 Å². The molecular weight excluding hydrogens is 286 g/mol. The van der Waals surface area contributed by atoms with Gasteiger partial charge < -0.3 is 11.5 Å². The summed E-state index contributed by atoms with van der Waals surface area (Å²) in [4.78, 5) is 11.1. The number of nitrogens with zero attached hydrogens (tertiary/aromatic N) is 3. The normalized spacial score (nSPS) is 20.4. The third-order valence-electron chi connectivity index (χ3n) is 4.86. The fraction of sp³-hybridized carbons (Fsp3) is 0.333. The first-order valence-electron chi connectivity index (χ1n) is 8.17. The molecule has 1 aliphatic carbocycles. The van der Waals surface area contributed by atoms with E-state index in [1.807, 2.05) is 12.1 Å². The van der Waals surface area contributed by atoms with Crippen molar-refractivity contribution in [3.8, 4) is 0 Å². The standard InChI is InChI=1S/C18H21N5/c19-16-21-17(20)23(18(22-16)11-4-1-5-12-18)15-10-6-8-13-7-2-3-9-14(13)15/h2-3,6-10H,1,4-5,11-12H2,(H4,19,20,21,22). The Morgan fingerprint density at radius 1 is 0.913 bits per heavy atom. The minimum atomic E-state index is -0.391. The summed E-state index contributed by atoms with van der Waals surface area (Å²) in [5.41, 5.74) is 12.9. The highest BCUT2D eigenvalue weighted by atomic mass is 15.4. The van der Waals surface area contributed by atoms with Crippen LogP contribution in [0.1, 0.15) is 32.1 Å². The Kier molecular flexibility index (Phi) is 3.22. The molecule has 1 spiro atoms. The molecule has 4 N–H and O–H groups in total. The molecule has 1 aliphatic heterocycles. The van der Waals surface area contributed by atoms with Gasteiger partial charge in [-0.05, 0) is 37.1 Å². The fourth-order valence-corrected chi connectivity index (χ4v) is 3.87. The van der Waals surface area contributed by atoms with Crippen molar-refractivity contribution in [1.29, 1.82) is 0 Å². The van der Waals surface area contributed by atoms with Gasteiger partial charge in [0.15, 0.2) is 0 Å². The second-order valence-corrected chi connectivity index (χ2v) is 6.32. The summed E-state index contributed by atoms with van der Waals surface area (Å²) in [6.07, 6.45) is 5.40. The molecule has 0 amide bonds. The Bertz CT molecular complexity index is 797. The average molecular weight is 307 g/mol. The van der Waals surface area contributed by atoms with Crippen LogP contribution in [-0.4, -0.2) is 17.6 Å². The Morgan fingerprint density at radius 2 is 1.65 bits per heavy atom.